The highest BCUT2D eigenvalue weighted by atomic mass is 79.9. The van der Waals surface area contributed by atoms with E-state index in [4.69, 9.17) is 14.2 Å². The van der Waals surface area contributed by atoms with E-state index in [1.807, 2.05) is 6.07 Å². The van der Waals surface area contributed by atoms with E-state index in [-0.39, 0.29) is 35.3 Å². The van der Waals surface area contributed by atoms with Crippen LogP contribution >= 0.6 is 27.3 Å². The molecule has 1 N–H and O–H groups in total. The molecule has 1 aromatic heterocycles. The second-order valence-electron chi connectivity index (χ2n) is 5.50. The minimum absolute atomic E-state index is 0.144. The van der Waals surface area contributed by atoms with Crippen molar-refractivity contribution in [1.82, 2.24) is 0 Å². The third kappa shape index (κ3) is 5.56. The number of hydrogen-bond acceptors (Lipinski definition) is 7. The van der Waals surface area contributed by atoms with Crippen molar-refractivity contribution in [3.8, 4) is 5.75 Å². The third-order valence-corrected chi connectivity index (χ3v) is 5.19. The molecule has 0 aliphatic rings. The lowest BCUT2D eigenvalue weighted by Crippen LogP contribution is -2.21. The van der Waals surface area contributed by atoms with Gasteiger partial charge in [-0.3, -0.25) is 4.79 Å². The zero-order chi connectivity index (χ0) is 20.7. The predicted molar refractivity (Wildman–Crippen MR) is 109 cm³/mol. The SMILES string of the molecule is CCOC(=O)c1sc(NC(=O)COc2cccc(Br)c2)c(C(=O)OCC)c1C. The summed E-state index contributed by atoms with van der Waals surface area (Å²) in [5.74, 6) is -1.12. The number of hydrogen-bond donors (Lipinski definition) is 1. The van der Waals surface area contributed by atoms with Gasteiger partial charge in [-0.25, -0.2) is 9.59 Å². The van der Waals surface area contributed by atoms with Crippen molar-refractivity contribution in [2.45, 2.75) is 20.8 Å². The summed E-state index contributed by atoms with van der Waals surface area (Å²) in [6.07, 6.45) is 0. The number of carbonyl (C=O) groups is 3. The quantitative estimate of drug-likeness (QED) is 0.582. The first-order valence-electron chi connectivity index (χ1n) is 8.53. The summed E-state index contributed by atoms with van der Waals surface area (Å²) in [5, 5.41) is 2.85. The van der Waals surface area contributed by atoms with Crippen LogP contribution in [-0.2, 0) is 14.3 Å². The molecule has 0 fully saturated rings. The fraction of sp³-hybridized carbons (Fsp3) is 0.316. The molecule has 2 rings (SSSR count). The van der Waals surface area contributed by atoms with E-state index in [9.17, 15) is 14.4 Å². The first-order chi connectivity index (χ1) is 13.4. The molecule has 0 spiro atoms. The predicted octanol–water partition coefficient (Wildman–Crippen LogP) is 4.19. The van der Waals surface area contributed by atoms with Gasteiger partial charge in [0.05, 0.1) is 18.8 Å². The molecule has 9 heteroatoms. The Kier molecular flexibility index (Phi) is 8.01. The smallest absolute Gasteiger partial charge is 0.348 e. The molecule has 0 unspecified atom stereocenters. The minimum Gasteiger partial charge on any atom is -0.484 e. The molecule has 1 amide bonds. The molecule has 0 saturated heterocycles. The van der Waals surface area contributed by atoms with Gasteiger partial charge in [0, 0.05) is 4.47 Å². The van der Waals surface area contributed by atoms with Crippen LogP contribution in [0.15, 0.2) is 28.7 Å². The van der Waals surface area contributed by atoms with Crippen molar-refractivity contribution in [3.63, 3.8) is 0 Å². The lowest BCUT2D eigenvalue weighted by atomic mass is 10.1. The largest absolute Gasteiger partial charge is 0.484 e. The molecule has 1 heterocycles. The van der Waals surface area contributed by atoms with E-state index in [0.29, 0.717) is 11.3 Å². The topological polar surface area (TPSA) is 90.9 Å². The molecular formula is C19H20BrNO6S. The number of halogens is 1. The summed E-state index contributed by atoms with van der Waals surface area (Å²) in [5.41, 5.74) is 0.552. The van der Waals surface area contributed by atoms with E-state index >= 15 is 0 Å². The highest BCUT2D eigenvalue weighted by Crippen LogP contribution is 2.34. The van der Waals surface area contributed by atoms with E-state index in [1.54, 1.807) is 39.0 Å². The molecular weight excluding hydrogens is 450 g/mol. The maximum Gasteiger partial charge on any atom is 0.348 e. The number of nitrogens with one attached hydrogen (secondary N) is 1. The Morgan fingerprint density at radius 3 is 2.43 bits per heavy atom. The molecule has 0 radical (unpaired) electrons. The van der Waals surface area contributed by atoms with Crippen molar-refractivity contribution in [3.05, 3.63) is 44.7 Å². The Balaban J connectivity index is 2.19. The summed E-state index contributed by atoms with van der Waals surface area (Å²) in [6, 6.07) is 7.07. The molecule has 28 heavy (non-hydrogen) atoms. The molecule has 1 aromatic carbocycles. The molecule has 0 aliphatic carbocycles. The number of esters is 2. The number of rotatable bonds is 8. The van der Waals surface area contributed by atoms with Crippen LogP contribution in [0, 0.1) is 6.92 Å². The molecule has 2 aromatic rings. The van der Waals surface area contributed by atoms with Crippen LogP contribution in [0.25, 0.3) is 0 Å². The van der Waals surface area contributed by atoms with E-state index in [0.717, 1.165) is 15.8 Å². The molecule has 0 saturated carbocycles. The van der Waals surface area contributed by atoms with Crippen LogP contribution in [0.1, 0.15) is 39.4 Å². The van der Waals surface area contributed by atoms with Crippen molar-refractivity contribution in [1.29, 1.82) is 0 Å². The second-order valence-corrected chi connectivity index (χ2v) is 7.43. The average molecular weight is 470 g/mol. The van der Waals surface area contributed by atoms with Gasteiger partial charge >= 0.3 is 11.9 Å². The monoisotopic (exact) mass is 469 g/mol. The number of ether oxygens (including phenoxy) is 3. The normalized spacial score (nSPS) is 10.3. The molecule has 0 bridgehead atoms. The second kappa shape index (κ2) is 10.2. The zero-order valence-electron chi connectivity index (χ0n) is 15.7. The number of thiophene rings is 1. The summed E-state index contributed by atoms with van der Waals surface area (Å²) < 4.78 is 16.3. The van der Waals surface area contributed by atoms with Gasteiger partial charge in [-0.2, -0.15) is 0 Å². The first kappa shape index (κ1) is 21.9. The Bertz CT molecular complexity index is 879. The van der Waals surface area contributed by atoms with Crippen molar-refractivity contribution < 1.29 is 28.6 Å². The fourth-order valence-electron chi connectivity index (χ4n) is 2.31. The number of benzene rings is 1. The Labute approximate surface area is 175 Å². The van der Waals surface area contributed by atoms with Crippen molar-refractivity contribution >= 4 is 50.1 Å². The molecule has 0 atom stereocenters. The van der Waals surface area contributed by atoms with Crippen LogP contribution in [0.4, 0.5) is 5.00 Å². The van der Waals surface area contributed by atoms with Crippen LogP contribution in [0.5, 0.6) is 5.75 Å². The number of anilines is 1. The Morgan fingerprint density at radius 2 is 1.79 bits per heavy atom. The summed E-state index contributed by atoms with van der Waals surface area (Å²) in [7, 11) is 0. The highest BCUT2D eigenvalue weighted by Gasteiger charge is 2.27. The van der Waals surface area contributed by atoms with Gasteiger partial charge in [0.25, 0.3) is 5.91 Å². The number of carbonyl (C=O) groups excluding carboxylic acids is 3. The zero-order valence-corrected chi connectivity index (χ0v) is 18.1. The number of amides is 1. The summed E-state index contributed by atoms with van der Waals surface area (Å²) in [4.78, 5) is 37.0. The Morgan fingerprint density at radius 1 is 1.11 bits per heavy atom. The minimum atomic E-state index is -0.616. The third-order valence-electron chi connectivity index (χ3n) is 3.51. The molecule has 0 aliphatic heterocycles. The highest BCUT2D eigenvalue weighted by molar-refractivity contribution is 9.10. The summed E-state index contributed by atoms with van der Waals surface area (Å²) >= 11 is 4.30. The van der Waals surface area contributed by atoms with E-state index < -0.39 is 17.8 Å². The summed E-state index contributed by atoms with van der Waals surface area (Å²) in [6.45, 7) is 5.09. The van der Waals surface area contributed by atoms with E-state index in [2.05, 4.69) is 21.2 Å². The van der Waals surface area contributed by atoms with E-state index in [1.165, 1.54) is 0 Å². The van der Waals surface area contributed by atoms with Crippen LogP contribution in [0.2, 0.25) is 0 Å². The van der Waals surface area contributed by atoms with Crippen LogP contribution in [-0.4, -0.2) is 37.7 Å². The average Bonchev–Trinajstić information content (AvgIpc) is 2.96. The van der Waals surface area contributed by atoms with Gasteiger partial charge < -0.3 is 19.5 Å². The lowest BCUT2D eigenvalue weighted by molar-refractivity contribution is -0.118. The van der Waals surface area contributed by atoms with Crippen LogP contribution in [0.3, 0.4) is 0 Å². The van der Waals surface area contributed by atoms with Gasteiger partial charge in [0.15, 0.2) is 6.61 Å². The maximum atomic E-state index is 12.3. The first-order valence-corrected chi connectivity index (χ1v) is 10.1. The van der Waals surface area contributed by atoms with Crippen LogP contribution < -0.4 is 10.1 Å². The van der Waals surface area contributed by atoms with Gasteiger partial charge in [0.1, 0.15) is 15.6 Å². The maximum absolute atomic E-state index is 12.3. The van der Waals surface area contributed by atoms with Gasteiger partial charge in [-0.05, 0) is 44.5 Å². The molecule has 150 valence electrons. The standard InChI is InChI=1S/C19H20BrNO6S/c1-4-25-18(23)15-11(3)16(19(24)26-5-2)28-17(15)21-14(22)10-27-13-8-6-7-12(20)9-13/h6-9H,4-5,10H2,1-3H3,(H,21,22). The lowest BCUT2D eigenvalue weighted by Gasteiger charge is -2.08. The van der Waals surface area contributed by atoms with Gasteiger partial charge in [0.2, 0.25) is 0 Å². The fourth-order valence-corrected chi connectivity index (χ4v) is 3.79. The van der Waals surface area contributed by atoms with Gasteiger partial charge in [-0.15, -0.1) is 11.3 Å². The van der Waals surface area contributed by atoms with Crippen molar-refractivity contribution in [2.75, 3.05) is 25.1 Å². The van der Waals surface area contributed by atoms with Crippen molar-refractivity contribution in [2.24, 2.45) is 0 Å². The van der Waals surface area contributed by atoms with Gasteiger partial charge in [-0.1, -0.05) is 22.0 Å². The Hall–Kier alpha value is -2.39. The molecule has 7 nitrogen and oxygen atoms in total.